The number of ether oxygens (including phenoxy) is 2. The zero-order valence-corrected chi connectivity index (χ0v) is 14.7. The topological polar surface area (TPSA) is 38.7 Å². The quantitative estimate of drug-likeness (QED) is 0.757. The summed E-state index contributed by atoms with van der Waals surface area (Å²) in [7, 11) is 1.68. The van der Waals surface area contributed by atoms with Crippen LogP contribution in [0.5, 0.6) is 11.5 Å². The van der Waals surface area contributed by atoms with Gasteiger partial charge in [-0.3, -0.25) is 0 Å². The van der Waals surface area contributed by atoms with Crippen LogP contribution >= 0.6 is 0 Å². The van der Waals surface area contributed by atoms with Gasteiger partial charge < -0.3 is 14.6 Å². The lowest BCUT2D eigenvalue weighted by molar-refractivity contribution is 0.201. The number of aryl methyl sites for hydroxylation is 1. The maximum Gasteiger partial charge on any atom is 0.286 e. The lowest BCUT2D eigenvalue weighted by atomic mass is 9.89. The normalized spacial score (nSPS) is 18.5. The van der Waals surface area contributed by atoms with Crippen LogP contribution in [0, 0.1) is 12.8 Å². The summed E-state index contributed by atoms with van der Waals surface area (Å²) in [5.74, 6) is 1.49. The first-order chi connectivity index (χ1) is 12.1. The largest absolute Gasteiger partial charge is 0.496 e. The molecular weight excluding hydrogens is 312 g/mol. The second kappa shape index (κ2) is 7.31. The van der Waals surface area contributed by atoms with Gasteiger partial charge in [0.15, 0.2) is 0 Å². The van der Waals surface area contributed by atoms with E-state index in [0.717, 1.165) is 28.0 Å². The molecule has 1 unspecified atom stereocenters. The second-order valence-electron chi connectivity index (χ2n) is 6.10. The smallest absolute Gasteiger partial charge is 0.286 e. The van der Waals surface area contributed by atoms with Gasteiger partial charge in [-0.25, -0.2) is 0 Å². The molecule has 0 amide bonds. The van der Waals surface area contributed by atoms with E-state index in [1.54, 1.807) is 7.11 Å². The standard InChI is InChI=1S/C22H22O3/c1-15-13-17(18-10-12-21(24-3)16(2)14-18)9-11-20(15)22(23)25-19-7-5-4-6-8-19/h4-15,23H,1-3H3. The lowest BCUT2D eigenvalue weighted by Crippen LogP contribution is -2.07. The molecule has 1 aliphatic rings. The van der Waals surface area contributed by atoms with Crippen molar-refractivity contribution in [3.63, 3.8) is 0 Å². The van der Waals surface area contributed by atoms with Gasteiger partial charge in [0.05, 0.1) is 7.11 Å². The molecule has 1 N–H and O–H groups in total. The maximum atomic E-state index is 10.3. The van der Waals surface area contributed by atoms with Crippen molar-refractivity contribution < 1.29 is 14.6 Å². The molecule has 25 heavy (non-hydrogen) atoms. The van der Waals surface area contributed by atoms with E-state index < -0.39 is 0 Å². The van der Waals surface area contributed by atoms with Gasteiger partial charge in [0.1, 0.15) is 11.5 Å². The molecule has 2 aromatic rings. The Morgan fingerprint density at radius 3 is 2.44 bits per heavy atom. The van der Waals surface area contributed by atoms with Crippen molar-refractivity contribution in [1.82, 2.24) is 0 Å². The van der Waals surface area contributed by atoms with E-state index in [9.17, 15) is 5.11 Å². The zero-order valence-electron chi connectivity index (χ0n) is 14.7. The molecule has 0 bridgehead atoms. The highest BCUT2D eigenvalue weighted by atomic mass is 16.6. The van der Waals surface area contributed by atoms with Gasteiger partial charge in [-0.15, -0.1) is 0 Å². The minimum absolute atomic E-state index is 0.0473. The first kappa shape index (κ1) is 16.9. The van der Waals surface area contributed by atoms with E-state index in [-0.39, 0.29) is 11.9 Å². The summed E-state index contributed by atoms with van der Waals surface area (Å²) in [5, 5.41) is 10.3. The number of hydrogen-bond acceptors (Lipinski definition) is 3. The Kier molecular flexibility index (Phi) is 4.94. The molecule has 2 aromatic carbocycles. The average molecular weight is 334 g/mol. The molecule has 0 saturated carbocycles. The second-order valence-corrected chi connectivity index (χ2v) is 6.10. The van der Waals surface area contributed by atoms with Gasteiger partial charge in [-0.1, -0.05) is 49.4 Å². The first-order valence-corrected chi connectivity index (χ1v) is 8.29. The van der Waals surface area contributed by atoms with Crippen LogP contribution in [-0.2, 0) is 0 Å². The van der Waals surface area contributed by atoms with E-state index in [4.69, 9.17) is 9.47 Å². The molecule has 0 aliphatic heterocycles. The summed E-state index contributed by atoms with van der Waals surface area (Å²) < 4.78 is 10.9. The number of rotatable bonds is 4. The molecule has 1 atom stereocenters. The van der Waals surface area contributed by atoms with Gasteiger partial charge in [-0.2, -0.15) is 0 Å². The van der Waals surface area contributed by atoms with Crippen molar-refractivity contribution in [2.24, 2.45) is 5.92 Å². The van der Waals surface area contributed by atoms with Gasteiger partial charge in [0.25, 0.3) is 5.95 Å². The highest BCUT2D eigenvalue weighted by molar-refractivity contribution is 5.77. The summed E-state index contributed by atoms with van der Waals surface area (Å²) >= 11 is 0. The molecule has 3 nitrogen and oxygen atoms in total. The van der Waals surface area contributed by atoms with Crippen LogP contribution in [0.3, 0.4) is 0 Å². The highest BCUT2D eigenvalue weighted by Crippen LogP contribution is 2.31. The summed E-state index contributed by atoms with van der Waals surface area (Å²) in [6.07, 6.45) is 6.04. The Labute approximate surface area is 148 Å². The monoisotopic (exact) mass is 334 g/mol. The van der Waals surface area contributed by atoms with E-state index in [0.29, 0.717) is 5.75 Å². The van der Waals surface area contributed by atoms with Gasteiger partial charge in [0, 0.05) is 11.5 Å². The van der Waals surface area contributed by atoms with E-state index in [1.165, 1.54) is 0 Å². The minimum atomic E-state index is -0.0591. The fourth-order valence-electron chi connectivity index (χ4n) is 2.92. The summed E-state index contributed by atoms with van der Waals surface area (Å²) in [6, 6.07) is 15.4. The number of aliphatic hydroxyl groups excluding tert-OH is 1. The number of methoxy groups -OCH3 is 1. The van der Waals surface area contributed by atoms with Crippen LogP contribution < -0.4 is 9.47 Å². The minimum Gasteiger partial charge on any atom is -0.496 e. The van der Waals surface area contributed by atoms with Crippen molar-refractivity contribution in [2.75, 3.05) is 7.11 Å². The number of hydrogen-bond donors (Lipinski definition) is 1. The third kappa shape index (κ3) is 3.77. The van der Waals surface area contributed by atoms with Crippen molar-refractivity contribution in [1.29, 1.82) is 0 Å². The molecule has 0 fully saturated rings. The Morgan fingerprint density at radius 2 is 1.80 bits per heavy atom. The molecule has 3 rings (SSSR count). The predicted molar refractivity (Wildman–Crippen MR) is 101 cm³/mol. The van der Waals surface area contributed by atoms with E-state index in [1.807, 2.05) is 68.5 Å². The molecule has 1 aliphatic carbocycles. The number of allylic oxidation sites excluding steroid dienone is 5. The molecule has 0 aromatic heterocycles. The molecule has 0 heterocycles. The molecular formula is C22H22O3. The van der Waals surface area contributed by atoms with Gasteiger partial charge >= 0.3 is 0 Å². The van der Waals surface area contributed by atoms with Crippen LogP contribution in [0.4, 0.5) is 0 Å². The Bertz CT molecular complexity index is 845. The number of aliphatic hydroxyl groups is 1. The SMILES string of the molecule is COc1ccc(C2=CC(C)C(=C(O)Oc3ccccc3)C=C2)cc1C. The Hall–Kier alpha value is -2.94. The number of benzene rings is 2. The van der Waals surface area contributed by atoms with Crippen LogP contribution in [0.1, 0.15) is 18.1 Å². The van der Waals surface area contributed by atoms with Crippen molar-refractivity contribution in [3.8, 4) is 11.5 Å². The van der Waals surface area contributed by atoms with Crippen molar-refractivity contribution in [3.05, 3.63) is 89.4 Å². The van der Waals surface area contributed by atoms with Crippen molar-refractivity contribution in [2.45, 2.75) is 13.8 Å². The summed E-state index contributed by atoms with van der Waals surface area (Å²) in [6.45, 7) is 4.07. The van der Waals surface area contributed by atoms with E-state index in [2.05, 4.69) is 12.1 Å². The predicted octanol–water partition coefficient (Wildman–Crippen LogP) is 5.44. The lowest BCUT2D eigenvalue weighted by Gasteiger charge is -2.18. The van der Waals surface area contributed by atoms with Crippen LogP contribution in [-0.4, -0.2) is 12.2 Å². The first-order valence-electron chi connectivity index (χ1n) is 8.29. The fraction of sp³-hybridized carbons (Fsp3) is 0.182. The third-order valence-corrected chi connectivity index (χ3v) is 4.30. The van der Waals surface area contributed by atoms with Gasteiger partial charge in [-0.05, 0) is 47.9 Å². The Balaban J connectivity index is 1.83. The summed E-state index contributed by atoms with van der Waals surface area (Å²) in [5.41, 5.74) is 4.11. The maximum absolute atomic E-state index is 10.3. The van der Waals surface area contributed by atoms with E-state index >= 15 is 0 Å². The molecule has 0 radical (unpaired) electrons. The average Bonchev–Trinajstić information content (AvgIpc) is 2.62. The molecule has 3 heteroatoms. The molecule has 0 spiro atoms. The van der Waals surface area contributed by atoms with Crippen LogP contribution in [0.15, 0.2) is 78.3 Å². The Morgan fingerprint density at radius 1 is 1.04 bits per heavy atom. The van der Waals surface area contributed by atoms with Crippen LogP contribution in [0.2, 0.25) is 0 Å². The van der Waals surface area contributed by atoms with Gasteiger partial charge in [0.2, 0.25) is 0 Å². The summed E-state index contributed by atoms with van der Waals surface area (Å²) in [4.78, 5) is 0. The third-order valence-electron chi connectivity index (χ3n) is 4.30. The number of para-hydroxylation sites is 1. The van der Waals surface area contributed by atoms with Crippen molar-refractivity contribution >= 4 is 5.57 Å². The van der Waals surface area contributed by atoms with Crippen LogP contribution in [0.25, 0.3) is 5.57 Å². The fourth-order valence-corrected chi connectivity index (χ4v) is 2.92. The molecule has 128 valence electrons. The zero-order chi connectivity index (χ0) is 17.8. The molecule has 0 saturated heterocycles. The highest BCUT2D eigenvalue weighted by Gasteiger charge is 2.17.